The van der Waals surface area contributed by atoms with E-state index in [1.807, 2.05) is 24.3 Å². The van der Waals surface area contributed by atoms with Crippen LogP contribution in [-0.4, -0.2) is 28.0 Å². The van der Waals surface area contributed by atoms with Gasteiger partial charge in [0, 0.05) is 12.3 Å². The van der Waals surface area contributed by atoms with Crippen LogP contribution in [0.5, 0.6) is 11.5 Å². The summed E-state index contributed by atoms with van der Waals surface area (Å²) in [6.45, 7) is 4.75. The molecule has 0 saturated heterocycles. The molecule has 1 aliphatic carbocycles. The third kappa shape index (κ3) is 3.22. The van der Waals surface area contributed by atoms with E-state index in [0.717, 1.165) is 21.7 Å². The third-order valence-electron chi connectivity index (χ3n) is 4.98. The van der Waals surface area contributed by atoms with Gasteiger partial charge < -0.3 is 9.47 Å². The van der Waals surface area contributed by atoms with Crippen molar-refractivity contribution >= 4 is 33.3 Å². The highest BCUT2D eigenvalue weighted by molar-refractivity contribution is 7.99. The second-order valence-corrected chi connectivity index (χ2v) is 8.90. The van der Waals surface area contributed by atoms with E-state index >= 15 is 0 Å². The molecule has 5 nitrogen and oxygen atoms in total. The molecule has 7 heteroatoms. The number of thioether (sulfide) groups is 1. The zero-order chi connectivity index (χ0) is 19.1. The molecular formula is C21H20N2O3S2. The Balaban J connectivity index is 1.42. The number of thiophene rings is 1. The standard InChI is InChI=1S/C21H20N2O3S2/c1-2-9-23-20(24)18-15(13-7-8-13)12-27-19(18)22-21(23)28-11-14-10-25-16-5-3-4-6-17(16)26-14/h2-6,12-14H,1,7-11H2/t14-/m1/s1. The predicted molar refractivity (Wildman–Crippen MR) is 113 cm³/mol. The highest BCUT2D eigenvalue weighted by Crippen LogP contribution is 2.44. The Morgan fingerprint density at radius 1 is 1.32 bits per heavy atom. The number of nitrogens with zero attached hydrogens (tertiary/aromatic N) is 2. The molecule has 28 heavy (non-hydrogen) atoms. The first-order valence-electron chi connectivity index (χ1n) is 9.38. The first-order valence-corrected chi connectivity index (χ1v) is 11.2. The van der Waals surface area contributed by atoms with Gasteiger partial charge in [0.2, 0.25) is 0 Å². The topological polar surface area (TPSA) is 53.4 Å². The molecule has 2 aliphatic rings. The Morgan fingerprint density at radius 3 is 2.93 bits per heavy atom. The summed E-state index contributed by atoms with van der Waals surface area (Å²) < 4.78 is 13.6. The zero-order valence-electron chi connectivity index (χ0n) is 15.3. The molecule has 2 aromatic heterocycles. The fourth-order valence-corrected chi connectivity index (χ4v) is 5.47. The third-order valence-corrected chi connectivity index (χ3v) is 6.98. The number of fused-ring (bicyclic) bond motifs is 2. The van der Waals surface area contributed by atoms with Gasteiger partial charge in [-0.3, -0.25) is 9.36 Å². The second kappa shape index (κ2) is 7.29. The summed E-state index contributed by atoms with van der Waals surface area (Å²) in [5.41, 5.74) is 1.22. The van der Waals surface area contributed by atoms with Gasteiger partial charge in [-0.2, -0.15) is 0 Å². The van der Waals surface area contributed by atoms with E-state index < -0.39 is 0 Å². The normalized spacial score (nSPS) is 18.4. The number of ether oxygens (including phenoxy) is 2. The maximum absolute atomic E-state index is 13.2. The van der Waals surface area contributed by atoms with Gasteiger partial charge in [-0.15, -0.1) is 17.9 Å². The molecule has 0 bridgehead atoms. The van der Waals surface area contributed by atoms with Gasteiger partial charge in [0.15, 0.2) is 16.7 Å². The molecule has 0 radical (unpaired) electrons. The Hall–Kier alpha value is -2.25. The fraction of sp³-hybridized carbons (Fsp3) is 0.333. The average molecular weight is 413 g/mol. The number of allylic oxidation sites excluding steroid dienone is 1. The minimum Gasteiger partial charge on any atom is -0.486 e. The van der Waals surface area contributed by atoms with Crippen molar-refractivity contribution in [1.29, 1.82) is 0 Å². The van der Waals surface area contributed by atoms with Crippen LogP contribution in [0.1, 0.15) is 24.3 Å². The smallest absolute Gasteiger partial charge is 0.263 e. The number of hydrogen-bond acceptors (Lipinski definition) is 6. The highest BCUT2D eigenvalue weighted by Gasteiger charge is 2.29. The van der Waals surface area contributed by atoms with Crippen molar-refractivity contribution in [2.45, 2.75) is 36.6 Å². The van der Waals surface area contributed by atoms with E-state index in [1.54, 1.807) is 22.0 Å². The summed E-state index contributed by atoms with van der Waals surface area (Å²) in [7, 11) is 0. The van der Waals surface area contributed by atoms with Gasteiger partial charge in [-0.1, -0.05) is 30.0 Å². The van der Waals surface area contributed by atoms with Crippen LogP contribution >= 0.6 is 23.1 Å². The minimum atomic E-state index is -0.0879. The highest BCUT2D eigenvalue weighted by atomic mass is 32.2. The molecule has 3 aromatic rings. The summed E-state index contributed by atoms with van der Waals surface area (Å²) in [6, 6.07) is 7.68. The van der Waals surface area contributed by atoms with E-state index in [9.17, 15) is 4.79 Å². The summed E-state index contributed by atoms with van der Waals surface area (Å²) >= 11 is 3.11. The van der Waals surface area contributed by atoms with E-state index in [-0.39, 0.29) is 11.7 Å². The van der Waals surface area contributed by atoms with Crippen molar-refractivity contribution in [1.82, 2.24) is 9.55 Å². The monoisotopic (exact) mass is 412 g/mol. The van der Waals surface area contributed by atoms with Gasteiger partial charge in [0.05, 0.1) is 5.39 Å². The van der Waals surface area contributed by atoms with Crippen LogP contribution < -0.4 is 15.0 Å². The Labute approximate surface area is 171 Å². The van der Waals surface area contributed by atoms with Gasteiger partial charge >= 0.3 is 0 Å². The lowest BCUT2D eigenvalue weighted by Gasteiger charge is -2.26. The molecule has 144 valence electrons. The molecule has 1 saturated carbocycles. The number of benzene rings is 1. The molecule has 5 rings (SSSR count). The molecule has 1 atom stereocenters. The molecule has 0 spiro atoms. The quantitative estimate of drug-likeness (QED) is 0.340. The van der Waals surface area contributed by atoms with Crippen LogP contribution in [0.25, 0.3) is 10.2 Å². The van der Waals surface area contributed by atoms with Crippen LogP contribution in [-0.2, 0) is 6.54 Å². The molecule has 1 fully saturated rings. The van der Waals surface area contributed by atoms with Crippen LogP contribution in [0.15, 0.2) is 52.3 Å². The minimum absolute atomic E-state index is 0.0432. The molecule has 3 heterocycles. The van der Waals surface area contributed by atoms with Crippen LogP contribution in [0.4, 0.5) is 0 Å². The van der Waals surface area contributed by atoms with Crippen molar-refractivity contribution in [3.63, 3.8) is 0 Å². The van der Waals surface area contributed by atoms with E-state index in [0.29, 0.717) is 30.0 Å². The number of aromatic nitrogens is 2. The van der Waals surface area contributed by atoms with Crippen LogP contribution in [0.3, 0.4) is 0 Å². The molecule has 0 N–H and O–H groups in total. The Kier molecular flexibility index (Phi) is 4.64. The largest absolute Gasteiger partial charge is 0.486 e. The molecular weight excluding hydrogens is 392 g/mol. The number of rotatable bonds is 6. The van der Waals surface area contributed by atoms with E-state index in [1.165, 1.54) is 30.2 Å². The average Bonchev–Trinajstić information content (AvgIpc) is 3.48. The summed E-state index contributed by atoms with van der Waals surface area (Å²) in [4.78, 5) is 18.8. The number of hydrogen-bond donors (Lipinski definition) is 0. The summed E-state index contributed by atoms with van der Waals surface area (Å²) in [5.74, 6) is 2.73. The van der Waals surface area contributed by atoms with Gasteiger partial charge in [-0.25, -0.2) is 4.98 Å². The van der Waals surface area contributed by atoms with Gasteiger partial charge in [0.25, 0.3) is 5.56 Å². The maximum Gasteiger partial charge on any atom is 0.263 e. The van der Waals surface area contributed by atoms with Crippen molar-refractivity contribution in [3.05, 3.63) is 58.2 Å². The van der Waals surface area contributed by atoms with E-state index in [4.69, 9.17) is 14.5 Å². The summed E-state index contributed by atoms with van der Waals surface area (Å²) in [6.07, 6.45) is 4.00. The maximum atomic E-state index is 13.2. The molecule has 0 unspecified atom stereocenters. The molecule has 1 aliphatic heterocycles. The SMILES string of the molecule is C=CCn1c(SC[C@H]2COc3ccccc3O2)nc2scc(C3CC3)c2c1=O. The number of para-hydroxylation sites is 2. The van der Waals surface area contributed by atoms with Crippen molar-refractivity contribution in [2.75, 3.05) is 12.4 Å². The molecule has 1 aromatic carbocycles. The zero-order valence-corrected chi connectivity index (χ0v) is 16.9. The van der Waals surface area contributed by atoms with E-state index in [2.05, 4.69) is 12.0 Å². The summed E-state index contributed by atoms with van der Waals surface area (Å²) in [5, 5.41) is 3.62. The first-order chi connectivity index (χ1) is 13.7. The van der Waals surface area contributed by atoms with Crippen LogP contribution in [0.2, 0.25) is 0 Å². The fourth-order valence-electron chi connectivity index (χ4n) is 3.43. The Bertz CT molecular complexity index is 1100. The predicted octanol–water partition coefficient (Wildman–Crippen LogP) is 4.45. The lowest BCUT2D eigenvalue weighted by Crippen LogP contribution is -2.31. The van der Waals surface area contributed by atoms with Gasteiger partial charge in [0.1, 0.15) is 17.5 Å². The Morgan fingerprint density at radius 2 is 2.14 bits per heavy atom. The molecule has 0 amide bonds. The van der Waals surface area contributed by atoms with Gasteiger partial charge in [-0.05, 0) is 41.8 Å². The van der Waals surface area contributed by atoms with Crippen molar-refractivity contribution < 1.29 is 9.47 Å². The van der Waals surface area contributed by atoms with Crippen molar-refractivity contribution in [2.24, 2.45) is 0 Å². The van der Waals surface area contributed by atoms with Crippen molar-refractivity contribution in [3.8, 4) is 11.5 Å². The van der Waals surface area contributed by atoms with Crippen LogP contribution in [0, 0.1) is 0 Å². The second-order valence-electron chi connectivity index (χ2n) is 7.05. The first kappa shape index (κ1) is 17.8. The lowest BCUT2D eigenvalue weighted by atomic mass is 10.1. The lowest BCUT2D eigenvalue weighted by molar-refractivity contribution is 0.107.